The summed E-state index contributed by atoms with van der Waals surface area (Å²) in [6.45, 7) is 1.78. The number of hydrogen-bond donors (Lipinski definition) is 2. The third-order valence-corrected chi connectivity index (χ3v) is 3.41. The highest BCUT2D eigenvalue weighted by molar-refractivity contribution is 6.00. The van der Waals surface area contributed by atoms with E-state index in [9.17, 15) is 14.4 Å². The molecule has 0 spiro atoms. The van der Waals surface area contributed by atoms with E-state index >= 15 is 0 Å². The number of nitrogens with one attached hydrogen (secondary N) is 2. The summed E-state index contributed by atoms with van der Waals surface area (Å²) in [6.07, 6.45) is 0.748. The predicted octanol–water partition coefficient (Wildman–Crippen LogP) is 2.24. The number of esters is 1. The second-order valence-electron chi connectivity index (χ2n) is 5.28. The number of rotatable bonds is 6. The number of fused-ring (bicyclic) bond motifs is 1. The molecule has 7 nitrogen and oxygen atoms in total. The Labute approximate surface area is 145 Å². The number of hydrogen-bond acceptors (Lipinski definition) is 5. The van der Waals surface area contributed by atoms with Gasteiger partial charge in [0.2, 0.25) is 0 Å². The predicted molar refractivity (Wildman–Crippen MR) is 92.6 cm³/mol. The van der Waals surface area contributed by atoms with E-state index in [4.69, 9.17) is 9.47 Å². The molecule has 7 heteroatoms. The summed E-state index contributed by atoms with van der Waals surface area (Å²) in [5.41, 5.74) is 0.212. The fourth-order valence-electron chi connectivity index (χ4n) is 2.20. The number of imide groups is 1. The molecule has 0 heterocycles. The molecule has 2 aromatic carbocycles. The van der Waals surface area contributed by atoms with Gasteiger partial charge in [-0.3, -0.25) is 10.1 Å². The van der Waals surface area contributed by atoms with Gasteiger partial charge >= 0.3 is 12.0 Å². The lowest BCUT2D eigenvalue weighted by molar-refractivity contribution is -0.123. The van der Waals surface area contributed by atoms with Gasteiger partial charge in [-0.1, -0.05) is 31.2 Å². The molecule has 2 rings (SSSR count). The minimum atomic E-state index is -0.707. The Hall–Kier alpha value is -3.09. The number of carbonyl (C=O) groups is 3. The molecular formula is C18H20N2O5. The Morgan fingerprint density at radius 3 is 2.40 bits per heavy atom. The summed E-state index contributed by atoms with van der Waals surface area (Å²) in [4.78, 5) is 35.3. The monoisotopic (exact) mass is 344 g/mol. The van der Waals surface area contributed by atoms with E-state index in [0.717, 1.165) is 17.2 Å². The molecule has 0 atom stereocenters. The molecule has 132 valence electrons. The van der Waals surface area contributed by atoms with E-state index in [1.165, 1.54) is 7.11 Å². The van der Waals surface area contributed by atoms with E-state index in [1.54, 1.807) is 12.1 Å². The first kappa shape index (κ1) is 18.3. The van der Waals surface area contributed by atoms with Gasteiger partial charge in [0.15, 0.2) is 6.61 Å². The van der Waals surface area contributed by atoms with Crippen molar-refractivity contribution >= 4 is 28.7 Å². The molecule has 0 aromatic heterocycles. The highest BCUT2D eigenvalue weighted by Crippen LogP contribution is 2.26. The van der Waals surface area contributed by atoms with Gasteiger partial charge in [-0.2, -0.15) is 0 Å². The van der Waals surface area contributed by atoms with E-state index in [1.807, 2.05) is 31.2 Å². The lowest BCUT2D eigenvalue weighted by Crippen LogP contribution is -2.41. The first-order chi connectivity index (χ1) is 12.0. The summed E-state index contributed by atoms with van der Waals surface area (Å²) in [7, 11) is 1.45. The molecule has 0 saturated heterocycles. The van der Waals surface area contributed by atoms with E-state index in [2.05, 4.69) is 10.6 Å². The molecule has 0 fully saturated rings. The standard InChI is InChI=1S/C18H20N2O5/c1-3-8-19-18(23)20-16(21)11-25-17(22)14-9-12-6-4-5-7-13(12)10-15(14)24-2/h4-7,9-10H,3,8,11H2,1-2H3,(H2,19,20,21,23). The van der Waals surface area contributed by atoms with Crippen LogP contribution in [-0.4, -0.2) is 38.2 Å². The van der Waals surface area contributed by atoms with Gasteiger partial charge in [-0.05, 0) is 29.3 Å². The number of benzene rings is 2. The third kappa shape index (κ3) is 4.94. The number of methoxy groups -OCH3 is 1. The van der Waals surface area contributed by atoms with Crippen LogP contribution in [0.5, 0.6) is 5.75 Å². The minimum absolute atomic E-state index is 0.212. The van der Waals surface area contributed by atoms with E-state index in [-0.39, 0.29) is 5.56 Å². The lowest BCUT2D eigenvalue weighted by Gasteiger charge is -2.10. The Balaban J connectivity index is 2.02. The average Bonchev–Trinajstić information content (AvgIpc) is 2.63. The Kier molecular flexibility index (Phi) is 6.33. The zero-order valence-electron chi connectivity index (χ0n) is 14.1. The molecule has 0 aliphatic heterocycles. The molecule has 2 N–H and O–H groups in total. The van der Waals surface area contributed by atoms with Gasteiger partial charge in [0.25, 0.3) is 5.91 Å². The molecule has 0 aliphatic rings. The average molecular weight is 344 g/mol. The quantitative estimate of drug-likeness (QED) is 0.784. The number of carbonyl (C=O) groups excluding carboxylic acids is 3. The summed E-state index contributed by atoms with van der Waals surface area (Å²) >= 11 is 0. The summed E-state index contributed by atoms with van der Waals surface area (Å²) in [5.74, 6) is -1.06. The van der Waals surface area contributed by atoms with Crippen LogP contribution in [-0.2, 0) is 9.53 Å². The van der Waals surface area contributed by atoms with Gasteiger partial charge in [0.05, 0.1) is 7.11 Å². The maximum absolute atomic E-state index is 12.2. The lowest BCUT2D eigenvalue weighted by atomic mass is 10.1. The molecule has 3 amide bonds. The van der Waals surface area contributed by atoms with Crippen molar-refractivity contribution in [3.05, 3.63) is 42.0 Å². The highest BCUT2D eigenvalue weighted by atomic mass is 16.5. The third-order valence-electron chi connectivity index (χ3n) is 3.41. The second kappa shape index (κ2) is 8.68. The van der Waals surface area contributed by atoms with Gasteiger partial charge < -0.3 is 14.8 Å². The SMILES string of the molecule is CCCNC(=O)NC(=O)COC(=O)c1cc2ccccc2cc1OC. The van der Waals surface area contributed by atoms with Crippen LogP contribution in [0, 0.1) is 0 Å². The van der Waals surface area contributed by atoms with E-state index < -0.39 is 24.5 Å². The number of ether oxygens (including phenoxy) is 2. The highest BCUT2D eigenvalue weighted by Gasteiger charge is 2.17. The molecule has 0 aliphatic carbocycles. The first-order valence-electron chi connectivity index (χ1n) is 7.86. The van der Waals surface area contributed by atoms with Crippen molar-refractivity contribution in [3.63, 3.8) is 0 Å². The molecular weight excluding hydrogens is 324 g/mol. The van der Waals surface area contributed by atoms with Crippen LogP contribution in [0.1, 0.15) is 23.7 Å². The normalized spacial score (nSPS) is 10.2. The number of urea groups is 1. The fraction of sp³-hybridized carbons (Fsp3) is 0.278. The molecule has 2 aromatic rings. The van der Waals surface area contributed by atoms with Crippen molar-refractivity contribution in [1.29, 1.82) is 0 Å². The molecule has 0 unspecified atom stereocenters. The van der Waals surface area contributed by atoms with Crippen molar-refractivity contribution in [1.82, 2.24) is 10.6 Å². The summed E-state index contributed by atoms with van der Waals surface area (Å²) < 4.78 is 10.2. The van der Waals surface area contributed by atoms with Crippen molar-refractivity contribution < 1.29 is 23.9 Å². The summed E-state index contributed by atoms with van der Waals surface area (Å²) in [5, 5.41) is 6.34. The Morgan fingerprint density at radius 1 is 1.08 bits per heavy atom. The number of amides is 3. The second-order valence-corrected chi connectivity index (χ2v) is 5.28. The Bertz CT molecular complexity index is 788. The van der Waals surface area contributed by atoms with Crippen LogP contribution in [0.4, 0.5) is 4.79 Å². The van der Waals surface area contributed by atoms with Gasteiger partial charge in [0.1, 0.15) is 11.3 Å². The molecule has 0 bridgehead atoms. The van der Waals surface area contributed by atoms with Gasteiger partial charge in [-0.15, -0.1) is 0 Å². The van der Waals surface area contributed by atoms with Crippen LogP contribution in [0.2, 0.25) is 0 Å². The Morgan fingerprint density at radius 2 is 1.76 bits per heavy atom. The van der Waals surface area contributed by atoms with Crippen LogP contribution < -0.4 is 15.4 Å². The minimum Gasteiger partial charge on any atom is -0.496 e. The zero-order chi connectivity index (χ0) is 18.2. The maximum Gasteiger partial charge on any atom is 0.342 e. The maximum atomic E-state index is 12.2. The topological polar surface area (TPSA) is 93.7 Å². The van der Waals surface area contributed by atoms with E-state index in [0.29, 0.717) is 12.3 Å². The molecule has 25 heavy (non-hydrogen) atoms. The fourth-order valence-corrected chi connectivity index (χ4v) is 2.20. The molecule has 0 radical (unpaired) electrons. The summed E-state index contributed by atoms with van der Waals surface area (Å²) in [6, 6.07) is 10.2. The van der Waals surface area contributed by atoms with Gasteiger partial charge in [0, 0.05) is 6.54 Å². The zero-order valence-corrected chi connectivity index (χ0v) is 14.1. The van der Waals surface area contributed by atoms with Crippen LogP contribution in [0.3, 0.4) is 0 Å². The van der Waals surface area contributed by atoms with Crippen LogP contribution >= 0.6 is 0 Å². The van der Waals surface area contributed by atoms with Crippen molar-refractivity contribution in [3.8, 4) is 5.75 Å². The largest absolute Gasteiger partial charge is 0.496 e. The first-order valence-corrected chi connectivity index (χ1v) is 7.86. The molecule has 0 saturated carbocycles. The smallest absolute Gasteiger partial charge is 0.342 e. The van der Waals surface area contributed by atoms with Crippen molar-refractivity contribution in [2.24, 2.45) is 0 Å². The van der Waals surface area contributed by atoms with Crippen molar-refractivity contribution in [2.45, 2.75) is 13.3 Å². The van der Waals surface area contributed by atoms with Crippen LogP contribution in [0.15, 0.2) is 36.4 Å². The van der Waals surface area contributed by atoms with Gasteiger partial charge in [-0.25, -0.2) is 9.59 Å². The van der Waals surface area contributed by atoms with Crippen molar-refractivity contribution in [2.75, 3.05) is 20.3 Å². The van der Waals surface area contributed by atoms with Crippen LogP contribution in [0.25, 0.3) is 10.8 Å².